The molecule has 9 heteroatoms. The fourth-order valence-corrected chi connectivity index (χ4v) is 3.56. The predicted molar refractivity (Wildman–Crippen MR) is 70.3 cm³/mol. The number of aromatic amines is 1. The first-order chi connectivity index (χ1) is 8.50. The van der Waals surface area contributed by atoms with Crippen LogP contribution in [0.15, 0.2) is 27.3 Å². The quantitative estimate of drug-likeness (QED) is 0.539. The molecule has 3 rings (SSSR count). The van der Waals surface area contributed by atoms with Crippen LogP contribution in [0.5, 0.6) is 0 Å². The molecule has 0 aliphatic heterocycles. The van der Waals surface area contributed by atoms with E-state index in [4.69, 9.17) is 5.14 Å². The van der Waals surface area contributed by atoms with Gasteiger partial charge in [-0.3, -0.25) is 0 Å². The van der Waals surface area contributed by atoms with E-state index in [1.54, 1.807) is 22.3 Å². The van der Waals surface area contributed by atoms with E-state index in [1.807, 2.05) is 6.26 Å². The standard InChI is InChI=1S/C9H9N4O2S3/c1-16-9-8-11-6-3-2-5(18(10,14)15)4-7(6)13(8)12-17-9/h2-4,11H,1H3,(H2,10,14,15)/q+1. The zero-order chi connectivity index (χ0) is 12.9. The normalized spacial score (nSPS) is 12.6. The molecule has 2 heterocycles. The molecule has 0 unspecified atom stereocenters. The van der Waals surface area contributed by atoms with Crippen LogP contribution in [0.4, 0.5) is 0 Å². The van der Waals surface area contributed by atoms with E-state index in [2.05, 4.69) is 9.47 Å². The number of rotatable bonds is 2. The Morgan fingerprint density at radius 1 is 1.50 bits per heavy atom. The Hall–Kier alpha value is -1.16. The van der Waals surface area contributed by atoms with Gasteiger partial charge in [-0.1, -0.05) is 4.52 Å². The zero-order valence-corrected chi connectivity index (χ0v) is 11.7. The lowest BCUT2D eigenvalue weighted by molar-refractivity contribution is -0.543. The number of sulfonamides is 1. The molecule has 6 nitrogen and oxygen atoms in total. The molecular formula is C9H9N4O2S3+. The van der Waals surface area contributed by atoms with Crippen LogP contribution >= 0.6 is 23.3 Å². The highest BCUT2D eigenvalue weighted by Crippen LogP contribution is 2.24. The van der Waals surface area contributed by atoms with Crippen LogP contribution < -0.4 is 9.65 Å². The number of hydrogen-bond acceptors (Lipinski definition) is 5. The van der Waals surface area contributed by atoms with Crippen LogP contribution in [0, 0.1) is 0 Å². The second-order valence-corrected chi connectivity index (χ2v) is 7.06. The minimum Gasteiger partial charge on any atom is -0.233 e. The second kappa shape index (κ2) is 3.92. The lowest BCUT2D eigenvalue weighted by Gasteiger charge is -1.94. The van der Waals surface area contributed by atoms with Crippen LogP contribution in [0.25, 0.3) is 16.7 Å². The maximum atomic E-state index is 11.3. The number of nitrogens with two attached hydrogens (primary N) is 1. The van der Waals surface area contributed by atoms with Crippen molar-refractivity contribution >= 4 is 50.0 Å². The molecule has 0 saturated heterocycles. The van der Waals surface area contributed by atoms with Crippen molar-refractivity contribution in [2.75, 3.05) is 6.26 Å². The number of fused-ring (bicyclic) bond motifs is 3. The van der Waals surface area contributed by atoms with Crippen molar-refractivity contribution in [3.05, 3.63) is 18.2 Å². The summed E-state index contributed by atoms with van der Waals surface area (Å²) in [4.78, 5) is 3.30. The van der Waals surface area contributed by atoms with Crippen LogP contribution in [0.2, 0.25) is 0 Å². The Kier molecular flexibility index (Phi) is 2.59. The Balaban J connectivity index is 2.39. The van der Waals surface area contributed by atoms with Crippen molar-refractivity contribution in [3.8, 4) is 0 Å². The van der Waals surface area contributed by atoms with E-state index in [1.165, 1.54) is 23.7 Å². The van der Waals surface area contributed by atoms with E-state index in [-0.39, 0.29) is 4.90 Å². The number of H-pyrrole nitrogens is 1. The maximum Gasteiger partial charge on any atom is 0.332 e. The molecule has 0 radical (unpaired) electrons. The first-order valence-corrected chi connectivity index (χ1v) is 8.45. The molecule has 0 bridgehead atoms. The van der Waals surface area contributed by atoms with Gasteiger partial charge in [0.2, 0.25) is 15.5 Å². The van der Waals surface area contributed by atoms with E-state index >= 15 is 0 Å². The molecule has 94 valence electrons. The van der Waals surface area contributed by atoms with Gasteiger partial charge < -0.3 is 0 Å². The third-order valence-electron chi connectivity index (χ3n) is 2.57. The molecular weight excluding hydrogens is 292 g/mol. The van der Waals surface area contributed by atoms with Crippen molar-refractivity contribution in [1.29, 1.82) is 0 Å². The molecule has 0 amide bonds. The zero-order valence-electron chi connectivity index (χ0n) is 9.25. The van der Waals surface area contributed by atoms with E-state index in [0.29, 0.717) is 5.52 Å². The lowest BCUT2D eigenvalue weighted by atomic mass is 10.3. The van der Waals surface area contributed by atoms with Crippen LogP contribution in [0.3, 0.4) is 0 Å². The average molecular weight is 301 g/mol. The Morgan fingerprint density at radius 2 is 2.28 bits per heavy atom. The third kappa shape index (κ3) is 1.70. The molecule has 2 aromatic heterocycles. The van der Waals surface area contributed by atoms with Crippen molar-refractivity contribution in [1.82, 2.24) is 9.47 Å². The summed E-state index contributed by atoms with van der Waals surface area (Å²) in [6, 6.07) is 4.70. The van der Waals surface area contributed by atoms with Gasteiger partial charge in [-0.25, -0.2) is 18.5 Å². The molecule has 3 N–H and O–H groups in total. The van der Waals surface area contributed by atoms with Crippen LogP contribution in [-0.4, -0.2) is 24.1 Å². The van der Waals surface area contributed by atoms with E-state index in [9.17, 15) is 8.42 Å². The largest absolute Gasteiger partial charge is 0.332 e. The van der Waals surface area contributed by atoms with E-state index < -0.39 is 10.0 Å². The summed E-state index contributed by atoms with van der Waals surface area (Å²) in [7, 11) is -3.70. The topological polar surface area (TPSA) is 92.9 Å². The molecule has 3 aromatic rings. The highest BCUT2D eigenvalue weighted by Gasteiger charge is 2.21. The average Bonchev–Trinajstić information content (AvgIpc) is 2.84. The van der Waals surface area contributed by atoms with Gasteiger partial charge in [-0.15, -0.1) is 11.8 Å². The summed E-state index contributed by atoms with van der Waals surface area (Å²) >= 11 is 2.95. The summed E-state index contributed by atoms with van der Waals surface area (Å²) < 4.78 is 29.7. The van der Waals surface area contributed by atoms with Gasteiger partial charge >= 0.3 is 5.65 Å². The Bertz CT molecular complexity index is 849. The fourth-order valence-electron chi connectivity index (χ4n) is 1.75. The molecule has 0 fully saturated rings. The van der Waals surface area contributed by atoms with Gasteiger partial charge in [-0.05, 0) is 22.9 Å². The Labute approximate surface area is 111 Å². The smallest absolute Gasteiger partial charge is 0.233 e. The number of primary sulfonamides is 1. The summed E-state index contributed by atoms with van der Waals surface area (Å²) in [5.74, 6) is 0. The van der Waals surface area contributed by atoms with Crippen molar-refractivity contribution in [2.24, 2.45) is 5.14 Å². The van der Waals surface area contributed by atoms with Gasteiger partial charge in [0.15, 0.2) is 9.73 Å². The number of benzene rings is 1. The van der Waals surface area contributed by atoms with Crippen LogP contribution in [-0.2, 0) is 10.0 Å². The molecule has 1 aromatic carbocycles. The molecule has 0 aliphatic rings. The highest BCUT2D eigenvalue weighted by molar-refractivity contribution is 8.00. The van der Waals surface area contributed by atoms with Gasteiger partial charge in [0.05, 0.1) is 4.90 Å². The minimum absolute atomic E-state index is 0.0853. The molecule has 18 heavy (non-hydrogen) atoms. The van der Waals surface area contributed by atoms with Gasteiger partial charge in [0, 0.05) is 17.6 Å². The molecule has 0 aliphatic carbocycles. The molecule has 0 spiro atoms. The summed E-state index contributed by atoms with van der Waals surface area (Å²) in [6.07, 6.45) is 1.97. The summed E-state index contributed by atoms with van der Waals surface area (Å²) in [6.45, 7) is 0. The number of nitrogens with zero attached hydrogens (tertiary/aromatic N) is 2. The first-order valence-electron chi connectivity index (χ1n) is 4.91. The SMILES string of the molecule is CSc1sn[n+]2c1[nH]c1ccc(S(N)(=O)=O)cc12. The van der Waals surface area contributed by atoms with Gasteiger partial charge in [0.25, 0.3) is 0 Å². The number of aromatic nitrogens is 3. The maximum absolute atomic E-state index is 11.3. The fraction of sp³-hybridized carbons (Fsp3) is 0.111. The summed E-state index contributed by atoms with van der Waals surface area (Å²) in [5.41, 5.74) is 2.40. The van der Waals surface area contributed by atoms with Gasteiger partial charge in [-0.2, -0.15) is 0 Å². The predicted octanol–water partition coefficient (Wildman–Crippen LogP) is 0.732. The first kappa shape index (κ1) is 11.9. The lowest BCUT2D eigenvalue weighted by Crippen LogP contribution is -2.21. The highest BCUT2D eigenvalue weighted by atomic mass is 32.2. The summed E-state index contributed by atoms with van der Waals surface area (Å²) in [5, 5.41) is 5.12. The van der Waals surface area contributed by atoms with E-state index in [0.717, 1.165) is 15.4 Å². The molecule has 0 atom stereocenters. The molecule has 0 saturated carbocycles. The minimum atomic E-state index is -3.70. The van der Waals surface area contributed by atoms with Gasteiger partial charge in [0.1, 0.15) is 0 Å². The number of thioether (sulfide) groups is 1. The second-order valence-electron chi connectivity index (χ2n) is 3.67. The van der Waals surface area contributed by atoms with Crippen molar-refractivity contribution in [2.45, 2.75) is 9.10 Å². The van der Waals surface area contributed by atoms with Crippen molar-refractivity contribution < 1.29 is 12.9 Å². The monoisotopic (exact) mass is 301 g/mol. The van der Waals surface area contributed by atoms with Crippen LogP contribution in [0.1, 0.15) is 0 Å². The van der Waals surface area contributed by atoms with Crippen molar-refractivity contribution in [3.63, 3.8) is 0 Å². The third-order valence-corrected chi connectivity index (χ3v) is 5.38. The number of imidazole rings is 1. The Morgan fingerprint density at radius 3 is 2.94 bits per heavy atom. The number of hydrogen-bond donors (Lipinski definition) is 2. The number of nitrogens with one attached hydrogen (secondary N) is 1.